The number of alkyl halides is 9. The molecule has 1 aromatic heterocycles. The van der Waals surface area contributed by atoms with Crippen LogP contribution in [0, 0.1) is 0 Å². The zero-order chi connectivity index (χ0) is 33.5. The molecule has 0 bridgehead atoms. The van der Waals surface area contributed by atoms with Crippen molar-refractivity contribution in [3.05, 3.63) is 81.9 Å². The van der Waals surface area contributed by atoms with Crippen molar-refractivity contribution in [3.8, 4) is 5.75 Å². The maximum atomic E-state index is 13.7. The molecule has 17 heteroatoms. The summed E-state index contributed by atoms with van der Waals surface area (Å²) in [7, 11) is 0. The van der Waals surface area contributed by atoms with E-state index in [1.807, 2.05) is 0 Å². The largest absolute Gasteiger partial charge is 0.488 e. The number of aromatic nitrogens is 2. The number of carboxylic acid groups (broad SMARTS) is 1. The van der Waals surface area contributed by atoms with Crippen LogP contribution in [0.1, 0.15) is 65.0 Å². The van der Waals surface area contributed by atoms with Crippen LogP contribution in [0.5, 0.6) is 5.75 Å². The minimum atomic E-state index is -5.13. The second kappa shape index (κ2) is 12.0. The summed E-state index contributed by atoms with van der Waals surface area (Å²) in [6.07, 6.45) is -16.6. The molecule has 0 saturated heterocycles. The number of nitrogens with zero attached hydrogens (tertiary/aromatic N) is 3. The summed E-state index contributed by atoms with van der Waals surface area (Å²) in [6.45, 7) is 0.658. The molecule has 1 aliphatic rings. The molecule has 1 aliphatic heterocycles. The lowest BCUT2D eigenvalue weighted by Gasteiger charge is -2.46. The number of fused-ring (bicyclic) bond motifs is 1. The maximum absolute atomic E-state index is 13.7. The number of aliphatic hydroxyl groups excluding tert-OH is 1. The van der Waals surface area contributed by atoms with Gasteiger partial charge in [-0.05, 0) is 60.4 Å². The van der Waals surface area contributed by atoms with Gasteiger partial charge < -0.3 is 20.7 Å². The highest BCUT2D eigenvalue weighted by molar-refractivity contribution is 5.90. The first-order chi connectivity index (χ1) is 20.8. The van der Waals surface area contributed by atoms with E-state index in [-0.39, 0.29) is 54.0 Å². The topological polar surface area (TPSA) is 122 Å². The summed E-state index contributed by atoms with van der Waals surface area (Å²) in [5.41, 5.74) is -0.572. The van der Waals surface area contributed by atoms with Crippen molar-refractivity contribution in [2.45, 2.75) is 56.3 Å². The van der Waals surface area contributed by atoms with Crippen molar-refractivity contribution in [3.63, 3.8) is 0 Å². The zero-order valence-electron chi connectivity index (χ0n) is 23.2. The third-order valence-corrected chi connectivity index (χ3v) is 7.31. The van der Waals surface area contributed by atoms with Gasteiger partial charge in [-0.3, -0.25) is 4.90 Å². The Kier molecular flexibility index (Phi) is 9.00. The van der Waals surface area contributed by atoms with Crippen molar-refractivity contribution in [2.24, 2.45) is 5.73 Å². The molecule has 0 fully saturated rings. The Bertz CT molecular complexity index is 1540. The Morgan fingerprint density at radius 3 is 2.11 bits per heavy atom. The van der Waals surface area contributed by atoms with Crippen molar-refractivity contribution in [2.75, 3.05) is 18.1 Å². The van der Waals surface area contributed by atoms with Crippen LogP contribution in [0.15, 0.2) is 42.6 Å². The second-order valence-corrected chi connectivity index (χ2v) is 10.3. The first-order valence-electron chi connectivity index (χ1n) is 13.2. The summed E-state index contributed by atoms with van der Waals surface area (Å²) < 4.78 is 127. The van der Waals surface area contributed by atoms with Gasteiger partial charge in [-0.1, -0.05) is 6.92 Å². The number of nitrogens with two attached hydrogens (primary N) is 1. The van der Waals surface area contributed by atoms with Gasteiger partial charge in [-0.15, -0.1) is 0 Å². The van der Waals surface area contributed by atoms with Crippen LogP contribution in [0.2, 0.25) is 0 Å². The summed E-state index contributed by atoms with van der Waals surface area (Å²) >= 11 is 0. The van der Waals surface area contributed by atoms with Crippen molar-refractivity contribution in [1.29, 1.82) is 0 Å². The number of amides is 1. The summed E-state index contributed by atoms with van der Waals surface area (Å²) in [5.74, 6) is -1.65. The Balaban J connectivity index is 1.91. The molecule has 2 aromatic carbocycles. The van der Waals surface area contributed by atoms with E-state index in [0.29, 0.717) is 24.3 Å². The Labute approximate surface area is 249 Å². The van der Waals surface area contributed by atoms with Crippen molar-refractivity contribution < 1.29 is 59.3 Å². The minimum Gasteiger partial charge on any atom is -0.488 e. The zero-order valence-corrected chi connectivity index (χ0v) is 23.2. The summed E-state index contributed by atoms with van der Waals surface area (Å²) in [4.78, 5) is 21.4. The number of rotatable bonds is 7. The van der Waals surface area contributed by atoms with E-state index in [0.717, 1.165) is 17.2 Å². The smallest absolute Gasteiger partial charge is 0.416 e. The van der Waals surface area contributed by atoms with Gasteiger partial charge in [0.15, 0.2) is 5.75 Å². The average Bonchev–Trinajstić information content (AvgIpc) is 2.94. The quantitative estimate of drug-likeness (QED) is 0.247. The summed E-state index contributed by atoms with van der Waals surface area (Å²) in [5, 5.41) is 19.1. The normalized spacial score (nSPS) is 18.9. The number of hydrogen-bond donors (Lipinski definition) is 3. The predicted molar refractivity (Wildman–Crippen MR) is 139 cm³/mol. The molecule has 3 aromatic rings. The SMILES string of the molecule is CC[C@]1(N)C[C@H](c2ncc(OCCO)c(Cc3cc(C(F)(F)F)cc(C(F)(F)F)c3)n2)c2cc(C(F)(F)F)ccc2N1C(=O)O. The first kappa shape index (κ1) is 33.8. The molecular formula is C28H25F9N4O4. The van der Waals surface area contributed by atoms with Gasteiger partial charge >= 0.3 is 24.6 Å². The number of aliphatic hydroxyl groups is 1. The van der Waals surface area contributed by atoms with Crippen LogP contribution in [0.25, 0.3) is 0 Å². The standard InChI is InChI=1S/C28H25F9N4O4/c1-2-25(38)12-19(18-11-15(26(29,30)31)3-4-21(18)41(25)24(43)44)23-39-13-22(45-6-5-42)20(40-23)9-14-7-16(27(32,33)34)10-17(8-14)28(35,36)37/h3-4,7-8,10-11,13,19,42H,2,5-6,9,12,38H2,1H3,(H,43,44)/t19-,25+/m0/s1. The molecule has 0 aliphatic carbocycles. The van der Waals surface area contributed by atoms with E-state index in [4.69, 9.17) is 10.5 Å². The second-order valence-electron chi connectivity index (χ2n) is 10.3. The molecule has 2 atom stereocenters. The third kappa shape index (κ3) is 7.08. The molecule has 45 heavy (non-hydrogen) atoms. The highest BCUT2D eigenvalue weighted by Crippen LogP contribution is 2.47. The number of carbonyl (C=O) groups is 1. The number of benzene rings is 2. The lowest BCUT2D eigenvalue weighted by Crippen LogP contribution is -2.61. The number of ether oxygens (including phenoxy) is 1. The fraction of sp³-hybridized carbons (Fsp3) is 0.393. The van der Waals surface area contributed by atoms with Gasteiger partial charge in [0.05, 0.1) is 40.9 Å². The number of anilines is 1. The van der Waals surface area contributed by atoms with E-state index in [2.05, 4.69) is 9.97 Å². The third-order valence-electron chi connectivity index (χ3n) is 7.31. The molecule has 4 N–H and O–H groups in total. The number of hydrogen-bond acceptors (Lipinski definition) is 6. The minimum absolute atomic E-state index is 0.00866. The fourth-order valence-corrected chi connectivity index (χ4v) is 5.14. The van der Waals surface area contributed by atoms with Gasteiger partial charge in [-0.25, -0.2) is 14.8 Å². The van der Waals surface area contributed by atoms with Crippen LogP contribution in [0.4, 0.5) is 50.0 Å². The lowest BCUT2D eigenvalue weighted by molar-refractivity contribution is -0.143. The van der Waals surface area contributed by atoms with E-state index < -0.39 is 71.5 Å². The lowest BCUT2D eigenvalue weighted by atomic mass is 9.80. The van der Waals surface area contributed by atoms with Crippen LogP contribution >= 0.6 is 0 Å². The van der Waals surface area contributed by atoms with E-state index in [9.17, 15) is 54.5 Å². The van der Waals surface area contributed by atoms with Gasteiger partial charge in [0.2, 0.25) is 0 Å². The van der Waals surface area contributed by atoms with Gasteiger partial charge in [0.25, 0.3) is 0 Å². The van der Waals surface area contributed by atoms with Crippen LogP contribution in [0.3, 0.4) is 0 Å². The van der Waals surface area contributed by atoms with Crippen LogP contribution in [-0.4, -0.2) is 45.2 Å². The van der Waals surface area contributed by atoms with Crippen LogP contribution in [-0.2, 0) is 24.9 Å². The van der Waals surface area contributed by atoms with Crippen molar-refractivity contribution in [1.82, 2.24) is 9.97 Å². The summed E-state index contributed by atoms with van der Waals surface area (Å²) in [6, 6.07) is 3.27. The molecule has 4 rings (SSSR count). The molecule has 1 amide bonds. The van der Waals surface area contributed by atoms with E-state index in [1.165, 1.54) is 0 Å². The molecule has 244 valence electrons. The van der Waals surface area contributed by atoms with E-state index in [1.54, 1.807) is 6.92 Å². The van der Waals surface area contributed by atoms with Crippen molar-refractivity contribution >= 4 is 11.8 Å². The maximum Gasteiger partial charge on any atom is 0.416 e. The first-order valence-corrected chi connectivity index (χ1v) is 13.2. The molecule has 0 radical (unpaired) electrons. The van der Waals surface area contributed by atoms with Gasteiger partial charge in [0, 0.05) is 12.3 Å². The molecule has 0 spiro atoms. The fourth-order valence-electron chi connectivity index (χ4n) is 5.14. The Hall–Kier alpha value is -4.12. The van der Waals surface area contributed by atoms with E-state index >= 15 is 0 Å². The van der Waals surface area contributed by atoms with Crippen LogP contribution < -0.4 is 15.4 Å². The molecule has 0 unspecified atom stereocenters. The molecule has 2 heterocycles. The monoisotopic (exact) mass is 652 g/mol. The highest BCUT2D eigenvalue weighted by atomic mass is 19.4. The highest BCUT2D eigenvalue weighted by Gasteiger charge is 2.47. The Morgan fingerprint density at radius 1 is 1.00 bits per heavy atom. The Morgan fingerprint density at radius 2 is 1.60 bits per heavy atom. The average molecular weight is 653 g/mol. The molecule has 0 saturated carbocycles. The molecular weight excluding hydrogens is 627 g/mol. The predicted octanol–water partition coefficient (Wildman–Crippen LogP) is 6.58. The van der Waals surface area contributed by atoms with Gasteiger partial charge in [-0.2, -0.15) is 39.5 Å². The van der Waals surface area contributed by atoms with Gasteiger partial charge in [0.1, 0.15) is 18.1 Å². The number of halogens is 9. The molecule has 8 nitrogen and oxygen atoms in total.